The molecule has 0 atom stereocenters. The van der Waals surface area contributed by atoms with Gasteiger partial charge in [-0.1, -0.05) is 19.1 Å². The second-order valence-electron chi connectivity index (χ2n) is 6.23. The van der Waals surface area contributed by atoms with Gasteiger partial charge in [-0.05, 0) is 67.4 Å². The summed E-state index contributed by atoms with van der Waals surface area (Å²) in [6.07, 6.45) is 0.982. The molecule has 0 aliphatic rings. The molecule has 29 heavy (non-hydrogen) atoms. The largest absolute Gasteiger partial charge is 0.462 e. The van der Waals surface area contributed by atoms with E-state index in [9.17, 15) is 9.59 Å². The second kappa shape index (κ2) is 9.45. The maximum atomic E-state index is 12.3. The van der Waals surface area contributed by atoms with E-state index in [-0.39, 0.29) is 11.6 Å². The van der Waals surface area contributed by atoms with Crippen molar-refractivity contribution in [2.24, 2.45) is 0 Å². The third-order valence-corrected chi connectivity index (χ3v) is 4.19. The molecule has 1 aromatic heterocycles. The number of rotatable bonds is 7. The molecule has 7 nitrogen and oxygen atoms in total. The minimum atomic E-state index is -0.399. The van der Waals surface area contributed by atoms with Gasteiger partial charge in [0.25, 0.3) is 5.91 Å². The topological polar surface area (TPSA) is 93.2 Å². The zero-order valence-electron chi connectivity index (χ0n) is 16.3. The van der Waals surface area contributed by atoms with Crippen molar-refractivity contribution < 1.29 is 14.3 Å². The zero-order chi connectivity index (χ0) is 20.6. The Labute approximate surface area is 169 Å². The van der Waals surface area contributed by atoms with E-state index >= 15 is 0 Å². The molecule has 148 valence electrons. The standard InChI is InChI=1S/C22H22N4O3/c1-3-15-5-9-17(10-6-15)23-20-14-13-19(25-26-20)21(27)24-18-11-7-16(8-12-18)22(28)29-4-2/h5-14H,3-4H2,1-2H3,(H,23,26)(H,24,27). The number of amides is 1. The number of aromatic nitrogens is 2. The molecule has 7 heteroatoms. The highest BCUT2D eigenvalue weighted by atomic mass is 16.5. The molecule has 0 aliphatic heterocycles. The van der Waals surface area contributed by atoms with Crippen LogP contribution in [0.1, 0.15) is 40.3 Å². The van der Waals surface area contributed by atoms with Crippen LogP contribution < -0.4 is 10.6 Å². The Kier molecular flexibility index (Phi) is 6.52. The summed E-state index contributed by atoms with van der Waals surface area (Å²) < 4.78 is 4.93. The van der Waals surface area contributed by atoms with Crippen LogP contribution in [0, 0.1) is 0 Å². The highest BCUT2D eigenvalue weighted by Crippen LogP contribution is 2.16. The first-order valence-electron chi connectivity index (χ1n) is 9.37. The van der Waals surface area contributed by atoms with Crippen LogP contribution in [0.4, 0.5) is 17.2 Å². The van der Waals surface area contributed by atoms with Gasteiger partial charge in [-0.15, -0.1) is 10.2 Å². The van der Waals surface area contributed by atoms with E-state index in [1.807, 2.05) is 24.3 Å². The number of nitrogens with zero attached hydrogens (tertiary/aromatic N) is 2. The molecular formula is C22H22N4O3. The minimum Gasteiger partial charge on any atom is -0.462 e. The fourth-order valence-corrected chi connectivity index (χ4v) is 2.59. The first kappa shape index (κ1) is 20.0. The second-order valence-corrected chi connectivity index (χ2v) is 6.23. The van der Waals surface area contributed by atoms with Crippen molar-refractivity contribution in [3.8, 4) is 0 Å². The van der Waals surface area contributed by atoms with Gasteiger partial charge >= 0.3 is 5.97 Å². The van der Waals surface area contributed by atoms with Crippen molar-refractivity contribution in [1.82, 2.24) is 10.2 Å². The smallest absolute Gasteiger partial charge is 0.338 e. The summed E-state index contributed by atoms with van der Waals surface area (Å²) >= 11 is 0. The van der Waals surface area contributed by atoms with Gasteiger partial charge in [-0.2, -0.15) is 0 Å². The van der Waals surface area contributed by atoms with E-state index in [2.05, 4.69) is 27.8 Å². The van der Waals surface area contributed by atoms with Gasteiger partial charge in [0.2, 0.25) is 0 Å². The number of ether oxygens (including phenoxy) is 1. The lowest BCUT2D eigenvalue weighted by atomic mass is 10.1. The highest BCUT2D eigenvalue weighted by Gasteiger charge is 2.10. The van der Waals surface area contributed by atoms with Crippen molar-refractivity contribution >= 4 is 29.1 Å². The number of hydrogen-bond donors (Lipinski definition) is 2. The Bertz CT molecular complexity index is 968. The Balaban J connectivity index is 1.60. The molecule has 0 aliphatic carbocycles. The molecule has 1 heterocycles. The van der Waals surface area contributed by atoms with Crippen molar-refractivity contribution in [2.75, 3.05) is 17.2 Å². The predicted molar refractivity (Wildman–Crippen MR) is 111 cm³/mol. The Hall–Kier alpha value is -3.74. The molecule has 3 rings (SSSR count). The Morgan fingerprint density at radius 3 is 2.14 bits per heavy atom. The molecule has 2 N–H and O–H groups in total. The van der Waals surface area contributed by atoms with Crippen LogP contribution in [-0.2, 0) is 11.2 Å². The van der Waals surface area contributed by atoms with E-state index in [1.165, 1.54) is 5.56 Å². The lowest BCUT2D eigenvalue weighted by molar-refractivity contribution is 0.0526. The van der Waals surface area contributed by atoms with Crippen molar-refractivity contribution in [2.45, 2.75) is 20.3 Å². The summed E-state index contributed by atoms with van der Waals surface area (Å²) in [6, 6.07) is 17.8. The first-order valence-corrected chi connectivity index (χ1v) is 9.37. The third kappa shape index (κ3) is 5.38. The van der Waals surface area contributed by atoms with E-state index < -0.39 is 5.97 Å². The Morgan fingerprint density at radius 1 is 0.862 bits per heavy atom. The summed E-state index contributed by atoms with van der Waals surface area (Å²) in [5, 5.41) is 13.9. The normalized spacial score (nSPS) is 10.3. The molecule has 0 saturated heterocycles. The van der Waals surface area contributed by atoms with Gasteiger partial charge in [0.05, 0.1) is 12.2 Å². The van der Waals surface area contributed by atoms with Gasteiger partial charge in [0, 0.05) is 11.4 Å². The number of carbonyl (C=O) groups excluding carboxylic acids is 2. The number of benzene rings is 2. The number of esters is 1. The summed E-state index contributed by atoms with van der Waals surface area (Å²) in [5.74, 6) is -0.242. The first-order chi connectivity index (χ1) is 14.1. The molecule has 1 amide bonds. The number of carbonyl (C=O) groups is 2. The van der Waals surface area contributed by atoms with Crippen LogP contribution in [0.3, 0.4) is 0 Å². The van der Waals surface area contributed by atoms with E-state index in [4.69, 9.17) is 4.74 Å². The van der Waals surface area contributed by atoms with Gasteiger partial charge in [-0.3, -0.25) is 4.79 Å². The number of hydrogen-bond acceptors (Lipinski definition) is 6. The van der Waals surface area contributed by atoms with Gasteiger partial charge in [0.1, 0.15) is 0 Å². The molecule has 0 bridgehead atoms. The van der Waals surface area contributed by atoms with Crippen LogP contribution >= 0.6 is 0 Å². The van der Waals surface area contributed by atoms with Gasteiger partial charge < -0.3 is 15.4 Å². The van der Waals surface area contributed by atoms with Crippen molar-refractivity contribution in [3.63, 3.8) is 0 Å². The molecule has 2 aromatic carbocycles. The van der Waals surface area contributed by atoms with E-state index in [1.54, 1.807) is 43.3 Å². The summed E-state index contributed by atoms with van der Waals surface area (Å²) in [6.45, 7) is 4.16. The number of nitrogens with one attached hydrogen (secondary N) is 2. The highest BCUT2D eigenvalue weighted by molar-refractivity contribution is 6.03. The fourth-order valence-electron chi connectivity index (χ4n) is 2.59. The predicted octanol–water partition coefficient (Wildman–Crippen LogP) is 4.21. The van der Waals surface area contributed by atoms with Gasteiger partial charge in [-0.25, -0.2) is 4.79 Å². The number of aryl methyl sites for hydroxylation is 1. The average molecular weight is 390 g/mol. The van der Waals surface area contributed by atoms with Crippen LogP contribution in [0.2, 0.25) is 0 Å². The lowest BCUT2D eigenvalue weighted by Crippen LogP contribution is -2.14. The van der Waals surface area contributed by atoms with Gasteiger partial charge in [0.15, 0.2) is 11.5 Å². The van der Waals surface area contributed by atoms with Crippen LogP contribution in [-0.4, -0.2) is 28.7 Å². The third-order valence-electron chi connectivity index (χ3n) is 4.19. The molecule has 0 fully saturated rings. The van der Waals surface area contributed by atoms with Crippen molar-refractivity contribution in [1.29, 1.82) is 0 Å². The monoisotopic (exact) mass is 390 g/mol. The molecular weight excluding hydrogens is 368 g/mol. The molecule has 0 saturated carbocycles. The molecule has 0 unspecified atom stereocenters. The van der Waals surface area contributed by atoms with Crippen molar-refractivity contribution in [3.05, 3.63) is 77.5 Å². The fraction of sp³-hybridized carbons (Fsp3) is 0.182. The SMILES string of the molecule is CCOC(=O)c1ccc(NC(=O)c2ccc(Nc3ccc(CC)cc3)nn2)cc1. The van der Waals surface area contributed by atoms with Crippen LogP contribution in [0.25, 0.3) is 0 Å². The lowest BCUT2D eigenvalue weighted by Gasteiger charge is -2.08. The summed E-state index contributed by atoms with van der Waals surface area (Å²) in [7, 11) is 0. The minimum absolute atomic E-state index is 0.186. The van der Waals surface area contributed by atoms with Crippen LogP contribution in [0.5, 0.6) is 0 Å². The van der Waals surface area contributed by atoms with E-state index in [0.717, 1.165) is 12.1 Å². The average Bonchev–Trinajstić information content (AvgIpc) is 2.75. The quantitative estimate of drug-likeness (QED) is 0.587. The maximum Gasteiger partial charge on any atom is 0.338 e. The number of anilines is 3. The van der Waals surface area contributed by atoms with E-state index in [0.29, 0.717) is 23.7 Å². The maximum absolute atomic E-state index is 12.3. The summed E-state index contributed by atoms with van der Waals surface area (Å²) in [4.78, 5) is 24.0. The zero-order valence-corrected chi connectivity index (χ0v) is 16.3. The molecule has 3 aromatic rings. The Morgan fingerprint density at radius 2 is 1.55 bits per heavy atom. The summed E-state index contributed by atoms with van der Waals surface area (Å²) in [5.41, 5.74) is 3.31. The molecule has 0 spiro atoms. The van der Waals surface area contributed by atoms with Crippen LogP contribution in [0.15, 0.2) is 60.7 Å². The molecule has 0 radical (unpaired) electrons.